The topological polar surface area (TPSA) is 59.8 Å². The molecule has 0 fully saturated rings. The first kappa shape index (κ1) is 17.9. The van der Waals surface area contributed by atoms with Crippen molar-refractivity contribution in [2.24, 2.45) is 0 Å². The molecule has 1 N–H and O–H groups in total. The highest BCUT2D eigenvalue weighted by Crippen LogP contribution is 2.33. The molecule has 0 atom stereocenters. The number of hydrogen-bond donors (Lipinski definition) is 1. The standard InChI is InChI=1S/C23H14F2N4O/c24-16-2-1-3-18(11-16)29-13-22(27-28-29)15-6-4-14(5-7-15)10-20-19-12-17(25)8-9-21(19)26-23(20)30/h1-13H,(H,26,30)/b20-10-. The van der Waals surface area contributed by atoms with Gasteiger partial charge in [-0.3, -0.25) is 4.79 Å². The molecule has 4 aromatic rings. The Labute approximate surface area is 170 Å². The van der Waals surface area contributed by atoms with Crippen LogP contribution in [0.4, 0.5) is 14.5 Å². The Hall–Kier alpha value is -4.13. The van der Waals surface area contributed by atoms with E-state index in [9.17, 15) is 13.6 Å². The van der Waals surface area contributed by atoms with E-state index in [0.717, 1.165) is 11.1 Å². The summed E-state index contributed by atoms with van der Waals surface area (Å²) in [5.41, 5.74) is 4.37. The van der Waals surface area contributed by atoms with Gasteiger partial charge in [-0.05, 0) is 48.0 Å². The van der Waals surface area contributed by atoms with Gasteiger partial charge in [0.2, 0.25) is 0 Å². The fourth-order valence-corrected chi connectivity index (χ4v) is 3.36. The molecule has 1 amide bonds. The molecule has 2 heterocycles. The number of benzene rings is 3. The van der Waals surface area contributed by atoms with Gasteiger partial charge in [0, 0.05) is 22.4 Å². The summed E-state index contributed by atoms with van der Waals surface area (Å²) in [5, 5.41) is 10.9. The second-order valence-electron chi connectivity index (χ2n) is 6.85. The average molecular weight is 400 g/mol. The van der Waals surface area contributed by atoms with Crippen LogP contribution in [-0.2, 0) is 4.79 Å². The third-order valence-electron chi connectivity index (χ3n) is 4.85. The smallest absolute Gasteiger partial charge is 0.256 e. The van der Waals surface area contributed by atoms with Crippen LogP contribution in [0.3, 0.4) is 0 Å². The molecule has 3 aromatic carbocycles. The number of carbonyl (C=O) groups is 1. The van der Waals surface area contributed by atoms with Crippen molar-refractivity contribution in [3.05, 3.63) is 95.7 Å². The van der Waals surface area contributed by atoms with Gasteiger partial charge < -0.3 is 5.32 Å². The zero-order valence-corrected chi connectivity index (χ0v) is 15.5. The third kappa shape index (κ3) is 3.26. The second-order valence-corrected chi connectivity index (χ2v) is 6.85. The number of fused-ring (bicyclic) bond motifs is 1. The summed E-state index contributed by atoms with van der Waals surface area (Å²) < 4.78 is 28.5. The largest absolute Gasteiger partial charge is 0.321 e. The molecule has 0 spiro atoms. The van der Waals surface area contributed by atoms with Gasteiger partial charge in [-0.2, -0.15) is 0 Å². The Morgan fingerprint density at radius 2 is 1.73 bits per heavy atom. The number of rotatable bonds is 3. The minimum Gasteiger partial charge on any atom is -0.321 e. The second kappa shape index (κ2) is 7.04. The first-order chi connectivity index (χ1) is 14.6. The Morgan fingerprint density at radius 3 is 2.53 bits per heavy atom. The minimum atomic E-state index is -0.395. The van der Waals surface area contributed by atoms with Gasteiger partial charge >= 0.3 is 0 Å². The molecule has 0 saturated heterocycles. The molecule has 30 heavy (non-hydrogen) atoms. The zero-order valence-electron chi connectivity index (χ0n) is 15.5. The van der Waals surface area contributed by atoms with Crippen LogP contribution < -0.4 is 5.32 Å². The molecule has 0 saturated carbocycles. The summed E-state index contributed by atoms with van der Waals surface area (Å²) in [5.74, 6) is -1.01. The minimum absolute atomic E-state index is 0.266. The number of carbonyl (C=O) groups excluding carboxylic acids is 1. The maximum absolute atomic E-state index is 13.6. The predicted molar refractivity (Wildman–Crippen MR) is 110 cm³/mol. The number of aromatic nitrogens is 3. The van der Waals surface area contributed by atoms with Crippen molar-refractivity contribution in [3.63, 3.8) is 0 Å². The van der Waals surface area contributed by atoms with E-state index in [1.165, 1.54) is 28.9 Å². The molecule has 1 aliphatic rings. The van der Waals surface area contributed by atoms with Gasteiger partial charge in [-0.15, -0.1) is 5.10 Å². The summed E-state index contributed by atoms with van der Waals surface area (Å²) in [4.78, 5) is 12.2. The maximum atomic E-state index is 13.6. The highest BCUT2D eigenvalue weighted by molar-refractivity contribution is 6.34. The Balaban J connectivity index is 1.43. The van der Waals surface area contributed by atoms with E-state index in [-0.39, 0.29) is 11.7 Å². The van der Waals surface area contributed by atoms with Crippen LogP contribution in [0.15, 0.2) is 72.9 Å². The number of nitrogens with zero attached hydrogens (tertiary/aromatic N) is 3. The molecule has 5 nitrogen and oxygen atoms in total. The van der Waals surface area contributed by atoms with Crippen LogP contribution in [-0.4, -0.2) is 20.9 Å². The fourth-order valence-electron chi connectivity index (χ4n) is 3.36. The monoisotopic (exact) mass is 400 g/mol. The average Bonchev–Trinajstić information content (AvgIpc) is 3.34. The normalized spacial score (nSPS) is 14.1. The number of anilines is 1. The number of nitrogens with one attached hydrogen (secondary N) is 1. The highest BCUT2D eigenvalue weighted by atomic mass is 19.1. The summed E-state index contributed by atoms with van der Waals surface area (Å²) in [7, 11) is 0. The van der Waals surface area contributed by atoms with E-state index in [2.05, 4.69) is 15.6 Å². The summed E-state index contributed by atoms with van der Waals surface area (Å²) in [6.07, 6.45) is 3.43. The molecular weight excluding hydrogens is 386 g/mol. The van der Waals surface area contributed by atoms with Gasteiger partial charge in [0.1, 0.15) is 17.3 Å². The predicted octanol–water partition coefficient (Wildman–Crippen LogP) is 4.71. The van der Waals surface area contributed by atoms with Gasteiger partial charge in [0.05, 0.1) is 11.9 Å². The van der Waals surface area contributed by atoms with E-state index in [1.54, 1.807) is 30.5 Å². The van der Waals surface area contributed by atoms with Crippen molar-refractivity contribution >= 4 is 23.2 Å². The van der Waals surface area contributed by atoms with Crippen LogP contribution in [0, 0.1) is 11.6 Å². The Morgan fingerprint density at radius 1 is 0.933 bits per heavy atom. The maximum Gasteiger partial charge on any atom is 0.256 e. The number of halogens is 2. The lowest BCUT2D eigenvalue weighted by Gasteiger charge is -2.01. The molecule has 0 radical (unpaired) electrons. The zero-order chi connectivity index (χ0) is 20.7. The van der Waals surface area contributed by atoms with Crippen molar-refractivity contribution < 1.29 is 13.6 Å². The van der Waals surface area contributed by atoms with Crippen molar-refractivity contribution in [1.82, 2.24) is 15.0 Å². The molecule has 146 valence electrons. The third-order valence-corrected chi connectivity index (χ3v) is 4.85. The molecule has 0 aliphatic carbocycles. The van der Waals surface area contributed by atoms with Crippen molar-refractivity contribution in [3.8, 4) is 16.9 Å². The van der Waals surface area contributed by atoms with Crippen molar-refractivity contribution in [1.29, 1.82) is 0 Å². The SMILES string of the molecule is O=C1Nc2ccc(F)cc2/C1=C/c1ccc(-c2cn(-c3cccc(F)c3)nn2)cc1. The summed E-state index contributed by atoms with van der Waals surface area (Å²) in [6, 6.07) is 17.7. The lowest BCUT2D eigenvalue weighted by Crippen LogP contribution is -2.03. The van der Waals surface area contributed by atoms with Crippen LogP contribution in [0.1, 0.15) is 11.1 Å². The van der Waals surface area contributed by atoms with Crippen LogP contribution in [0.5, 0.6) is 0 Å². The number of amides is 1. The molecular formula is C23H14F2N4O. The first-order valence-corrected chi connectivity index (χ1v) is 9.18. The van der Waals surface area contributed by atoms with Gasteiger partial charge in [-0.1, -0.05) is 35.5 Å². The van der Waals surface area contributed by atoms with E-state index in [1.807, 2.05) is 24.3 Å². The van der Waals surface area contributed by atoms with Crippen LogP contribution in [0.25, 0.3) is 28.6 Å². The molecule has 5 rings (SSSR count). The summed E-state index contributed by atoms with van der Waals surface area (Å²) in [6.45, 7) is 0. The molecule has 0 bridgehead atoms. The van der Waals surface area contributed by atoms with E-state index in [0.29, 0.717) is 28.2 Å². The number of hydrogen-bond acceptors (Lipinski definition) is 3. The van der Waals surface area contributed by atoms with Gasteiger partial charge in [0.15, 0.2) is 0 Å². The van der Waals surface area contributed by atoms with Crippen molar-refractivity contribution in [2.75, 3.05) is 5.32 Å². The molecule has 1 aromatic heterocycles. The quantitative estimate of drug-likeness (QED) is 0.507. The van der Waals surface area contributed by atoms with E-state index < -0.39 is 5.82 Å². The highest BCUT2D eigenvalue weighted by Gasteiger charge is 2.24. The lowest BCUT2D eigenvalue weighted by atomic mass is 10.0. The van der Waals surface area contributed by atoms with Crippen LogP contribution >= 0.6 is 0 Å². The van der Waals surface area contributed by atoms with Gasteiger partial charge in [0.25, 0.3) is 5.91 Å². The van der Waals surface area contributed by atoms with Crippen molar-refractivity contribution in [2.45, 2.75) is 0 Å². The molecule has 7 heteroatoms. The first-order valence-electron chi connectivity index (χ1n) is 9.18. The lowest BCUT2D eigenvalue weighted by molar-refractivity contribution is -0.110. The Kier molecular flexibility index (Phi) is 4.21. The van der Waals surface area contributed by atoms with Gasteiger partial charge in [-0.25, -0.2) is 13.5 Å². The van der Waals surface area contributed by atoms with E-state index in [4.69, 9.17) is 0 Å². The van der Waals surface area contributed by atoms with Crippen LogP contribution in [0.2, 0.25) is 0 Å². The van der Waals surface area contributed by atoms with E-state index >= 15 is 0 Å². The molecule has 0 unspecified atom stereocenters. The Bertz CT molecular complexity index is 1310. The summed E-state index contributed by atoms with van der Waals surface area (Å²) >= 11 is 0. The molecule has 1 aliphatic heterocycles. The fraction of sp³-hybridized carbons (Fsp3) is 0.